The first-order valence-electron chi connectivity index (χ1n) is 5.31. The summed E-state index contributed by atoms with van der Waals surface area (Å²) in [5.41, 5.74) is 5.50. The monoisotopic (exact) mass is 292 g/mol. The molecule has 0 aliphatic carbocycles. The Morgan fingerprint density at radius 1 is 1.22 bits per heavy atom. The van der Waals surface area contributed by atoms with Crippen LogP contribution in [0.4, 0.5) is 10.1 Å². The molecule has 5 nitrogen and oxygen atoms in total. The summed E-state index contributed by atoms with van der Waals surface area (Å²) < 4.78 is 50.0. The summed E-state index contributed by atoms with van der Waals surface area (Å²) in [4.78, 5) is -0.160. The van der Waals surface area contributed by atoms with Crippen LogP contribution < -0.4 is 5.73 Å². The van der Waals surface area contributed by atoms with Gasteiger partial charge in [0.05, 0.1) is 4.90 Å². The Hall–Kier alpha value is -0.990. The van der Waals surface area contributed by atoms with Gasteiger partial charge in [-0.05, 0) is 18.2 Å². The van der Waals surface area contributed by atoms with Gasteiger partial charge in [0.1, 0.15) is 5.82 Å². The third-order valence-corrected chi connectivity index (χ3v) is 5.82. The van der Waals surface area contributed by atoms with E-state index in [4.69, 9.17) is 5.73 Å². The smallest absolute Gasteiger partial charge is 0.243 e. The van der Waals surface area contributed by atoms with E-state index in [2.05, 4.69) is 0 Å². The van der Waals surface area contributed by atoms with Gasteiger partial charge in [0.2, 0.25) is 10.0 Å². The Labute approximate surface area is 107 Å². The van der Waals surface area contributed by atoms with Crippen molar-refractivity contribution < 1.29 is 17.0 Å². The molecule has 1 fully saturated rings. The summed E-state index contributed by atoms with van der Waals surface area (Å²) in [5, 5.41) is 0. The SMILES string of the molecule is Nc1cc(F)cc(S(=O)(=O)N2CCS(=O)CC2)c1. The molecule has 1 aromatic rings. The average Bonchev–Trinajstić information content (AvgIpc) is 2.28. The third kappa shape index (κ3) is 2.70. The molecule has 0 radical (unpaired) electrons. The minimum absolute atomic E-state index is 0.0640. The third-order valence-electron chi connectivity index (χ3n) is 2.67. The van der Waals surface area contributed by atoms with Crippen molar-refractivity contribution in [2.75, 3.05) is 30.3 Å². The van der Waals surface area contributed by atoms with Crippen molar-refractivity contribution in [1.82, 2.24) is 4.31 Å². The molecule has 2 N–H and O–H groups in total. The predicted molar refractivity (Wildman–Crippen MR) is 67.4 cm³/mol. The second-order valence-corrected chi connectivity index (χ2v) is 7.61. The molecule has 8 heteroatoms. The van der Waals surface area contributed by atoms with E-state index >= 15 is 0 Å². The zero-order valence-corrected chi connectivity index (χ0v) is 11.1. The van der Waals surface area contributed by atoms with Gasteiger partial charge in [0.25, 0.3) is 0 Å². The second kappa shape index (κ2) is 4.94. The van der Waals surface area contributed by atoms with Gasteiger partial charge < -0.3 is 5.73 Å². The van der Waals surface area contributed by atoms with Crippen molar-refractivity contribution in [3.05, 3.63) is 24.0 Å². The van der Waals surface area contributed by atoms with E-state index in [0.717, 1.165) is 12.1 Å². The number of hydrogen-bond acceptors (Lipinski definition) is 4. The lowest BCUT2D eigenvalue weighted by Gasteiger charge is -2.25. The number of nitrogens with zero attached hydrogens (tertiary/aromatic N) is 1. The van der Waals surface area contributed by atoms with E-state index in [0.29, 0.717) is 11.5 Å². The minimum atomic E-state index is -3.75. The number of nitrogen functional groups attached to an aromatic ring is 1. The molecule has 2 rings (SSSR count). The molecule has 0 spiro atoms. The number of nitrogens with two attached hydrogens (primary N) is 1. The van der Waals surface area contributed by atoms with Gasteiger partial charge in [-0.15, -0.1) is 0 Å². The summed E-state index contributed by atoms with van der Waals surface area (Å²) in [6.07, 6.45) is 0. The van der Waals surface area contributed by atoms with Crippen LogP contribution in [-0.4, -0.2) is 41.5 Å². The molecular weight excluding hydrogens is 279 g/mol. The van der Waals surface area contributed by atoms with E-state index in [1.807, 2.05) is 0 Å². The van der Waals surface area contributed by atoms with Gasteiger partial charge in [-0.3, -0.25) is 4.21 Å². The summed E-state index contributed by atoms with van der Waals surface area (Å²) in [6, 6.07) is 3.23. The first-order chi connectivity index (χ1) is 8.39. The zero-order chi connectivity index (χ0) is 13.3. The number of anilines is 1. The molecule has 1 aromatic carbocycles. The van der Waals surface area contributed by atoms with Gasteiger partial charge >= 0.3 is 0 Å². The Balaban J connectivity index is 2.33. The number of halogens is 1. The lowest BCUT2D eigenvalue weighted by atomic mass is 10.3. The van der Waals surface area contributed by atoms with E-state index in [1.54, 1.807) is 0 Å². The van der Waals surface area contributed by atoms with E-state index in [9.17, 15) is 17.0 Å². The molecule has 0 amide bonds. The van der Waals surface area contributed by atoms with Crippen LogP contribution in [0, 0.1) is 5.82 Å². The zero-order valence-electron chi connectivity index (χ0n) is 9.50. The molecule has 0 unspecified atom stereocenters. The Bertz CT molecular complexity index is 559. The van der Waals surface area contributed by atoms with Crippen LogP contribution in [0.3, 0.4) is 0 Å². The molecule has 0 bridgehead atoms. The quantitative estimate of drug-likeness (QED) is 0.787. The van der Waals surface area contributed by atoms with Crippen LogP contribution >= 0.6 is 0 Å². The first kappa shape index (κ1) is 13.4. The molecule has 0 saturated carbocycles. The fourth-order valence-corrected chi connectivity index (χ4v) is 4.54. The van der Waals surface area contributed by atoms with Crippen molar-refractivity contribution >= 4 is 26.5 Å². The van der Waals surface area contributed by atoms with Crippen molar-refractivity contribution in [2.24, 2.45) is 0 Å². The molecule has 0 atom stereocenters. The van der Waals surface area contributed by atoms with E-state index < -0.39 is 26.6 Å². The van der Waals surface area contributed by atoms with Crippen LogP contribution in [0.1, 0.15) is 0 Å². The number of hydrogen-bond donors (Lipinski definition) is 1. The summed E-state index contributed by atoms with van der Waals surface area (Å²) in [5.74, 6) is -0.0669. The average molecular weight is 292 g/mol. The Kier molecular flexibility index (Phi) is 3.69. The Morgan fingerprint density at radius 2 is 1.83 bits per heavy atom. The van der Waals surface area contributed by atoms with Crippen molar-refractivity contribution in [2.45, 2.75) is 4.90 Å². The lowest BCUT2D eigenvalue weighted by Crippen LogP contribution is -2.41. The molecule has 1 saturated heterocycles. The maximum atomic E-state index is 13.2. The highest BCUT2D eigenvalue weighted by Crippen LogP contribution is 2.21. The normalized spacial score (nSPS) is 18.9. The van der Waals surface area contributed by atoms with Crippen molar-refractivity contribution in [1.29, 1.82) is 0 Å². The molecule has 18 heavy (non-hydrogen) atoms. The number of rotatable bonds is 2. The largest absolute Gasteiger partial charge is 0.399 e. The molecule has 1 heterocycles. The fourth-order valence-electron chi connectivity index (χ4n) is 1.74. The highest BCUT2D eigenvalue weighted by atomic mass is 32.2. The fraction of sp³-hybridized carbons (Fsp3) is 0.400. The molecule has 1 aliphatic heterocycles. The van der Waals surface area contributed by atoms with Crippen molar-refractivity contribution in [3.63, 3.8) is 0 Å². The number of benzene rings is 1. The maximum absolute atomic E-state index is 13.2. The van der Waals surface area contributed by atoms with Crippen LogP contribution in [0.15, 0.2) is 23.1 Å². The predicted octanol–water partition coefficient (Wildman–Crippen LogP) is 0.161. The second-order valence-electron chi connectivity index (χ2n) is 3.97. The maximum Gasteiger partial charge on any atom is 0.243 e. The topological polar surface area (TPSA) is 80.5 Å². The summed E-state index contributed by atoms with van der Waals surface area (Å²) in [6.45, 7) is 0.372. The molecule has 100 valence electrons. The van der Waals surface area contributed by atoms with Crippen LogP contribution in [0.25, 0.3) is 0 Å². The molecule has 1 aliphatic rings. The minimum Gasteiger partial charge on any atom is -0.399 e. The van der Waals surface area contributed by atoms with Crippen LogP contribution in [0.2, 0.25) is 0 Å². The van der Waals surface area contributed by atoms with Gasteiger partial charge in [-0.2, -0.15) is 4.31 Å². The van der Waals surface area contributed by atoms with E-state index in [-0.39, 0.29) is 23.7 Å². The van der Waals surface area contributed by atoms with Crippen LogP contribution in [0.5, 0.6) is 0 Å². The lowest BCUT2D eigenvalue weighted by molar-refractivity contribution is 0.438. The molecule has 0 aromatic heterocycles. The van der Waals surface area contributed by atoms with Gasteiger partial charge in [-0.25, -0.2) is 12.8 Å². The highest BCUT2D eigenvalue weighted by Gasteiger charge is 2.28. The van der Waals surface area contributed by atoms with Crippen molar-refractivity contribution in [3.8, 4) is 0 Å². The molecular formula is C10H13FN2O3S2. The van der Waals surface area contributed by atoms with Gasteiger partial charge in [0, 0.05) is 41.1 Å². The van der Waals surface area contributed by atoms with Crippen LogP contribution in [-0.2, 0) is 20.8 Å². The standard InChI is InChI=1S/C10H13FN2O3S2/c11-8-5-9(12)7-10(6-8)18(15,16)13-1-3-17(14)4-2-13/h5-7H,1-4,12H2. The Morgan fingerprint density at radius 3 is 2.39 bits per heavy atom. The van der Waals surface area contributed by atoms with E-state index in [1.165, 1.54) is 10.4 Å². The summed E-state index contributed by atoms with van der Waals surface area (Å²) >= 11 is 0. The summed E-state index contributed by atoms with van der Waals surface area (Å²) in [7, 11) is -4.72. The van der Waals surface area contributed by atoms with Gasteiger partial charge in [-0.1, -0.05) is 0 Å². The highest BCUT2D eigenvalue weighted by molar-refractivity contribution is 7.89. The number of sulfonamides is 1. The first-order valence-corrected chi connectivity index (χ1v) is 8.23. The van der Waals surface area contributed by atoms with Gasteiger partial charge in [0.15, 0.2) is 0 Å².